The van der Waals surface area contributed by atoms with Gasteiger partial charge in [0.2, 0.25) is 5.95 Å². The van der Waals surface area contributed by atoms with Crippen molar-refractivity contribution in [2.24, 2.45) is 7.05 Å². The molecule has 0 saturated heterocycles. The summed E-state index contributed by atoms with van der Waals surface area (Å²) in [5, 5.41) is 3.12. The van der Waals surface area contributed by atoms with Crippen LogP contribution in [0.4, 0.5) is 5.95 Å². The van der Waals surface area contributed by atoms with Crippen LogP contribution in [0.5, 0.6) is 0 Å². The molecule has 3 heteroatoms. The van der Waals surface area contributed by atoms with Gasteiger partial charge in [0.25, 0.3) is 0 Å². The molecule has 0 radical (unpaired) electrons. The first-order valence-corrected chi connectivity index (χ1v) is 5.44. The number of benzene rings is 1. The number of anilines is 1. The molecular weight excluding hydrogens is 186 g/mol. The summed E-state index contributed by atoms with van der Waals surface area (Å²) in [5.74, 6) is 1.71. The van der Waals surface area contributed by atoms with Crippen molar-refractivity contribution in [1.82, 2.24) is 9.55 Å². The van der Waals surface area contributed by atoms with Crippen LogP contribution in [-0.4, -0.2) is 16.6 Å². The number of rotatable bonds is 2. The van der Waals surface area contributed by atoms with Crippen molar-refractivity contribution >= 4 is 17.0 Å². The van der Waals surface area contributed by atoms with Gasteiger partial charge in [-0.15, -0.1) is 0 Å². The normalized spacial score (nSPS) is 15.9. The molecule has 2 aromatic rings. The summed E-state index contributed by atoms with van der Waals surface area (Å²) in [4.78, 5) is 4.55. The monoisotopic (exact) mass is 201 g/mol. The predicted octanol–water partition coefficient (Wildman–Crippen LogP) is 2.49. The molecule has 0 atom stereocenters. The first kappa shape index (κ1) is 8.77. The van der Waals surface area contributed by atoms with Crippen molar-refractivity contribution in [3.8, 4) is 0 Å². The van der Waals surface area contributed by atoms with Crippen molar-refractivity contribution in [1.29, 1.82) is 0 Å². The van der Waals surface area contributed by atoms with E-state index in [1.54, 1.807) is 0 Å². The van der Waals surface area contributed by atoms with Crippen LogP contribution in [0.1, 0.15) is 24.3 Å². The van der Waals surface area contributed by atoms with E-state index in [4.69, 9.17) is 0 Å². The Morgan fingerprint density at radius 1 is 1.40 bits per heavy atom. The van der Waals surface area contributed by atoms with Gasteiger partial charge in [-0.1, -0.05) is 12.1 Å². The molecule has 0 aliphatic heterocycles. The second kappa shape index (κ2) is 2.99. The molecule has 1 aliphatic rings. The van der Waals surface area contributed by atoms with Crippen LogP contribution in [0.3, 0.4) is 0 Å². The second-order valence-electron chi connectivity index (χ2n) is 4.23. The number of hydrogen-bond acceptors (Lipinski definition) is 2. The molecule has 0 amide bonds. The quantitative estimate of drug-likeness (QED) is 0.809. The lowest BCUT2D eigenvalue weighted by Crippen LogP contribution is -1.98. The summed E-state index contributed by atoms with van der Waals surface area (Å²) in [5.41, 5.74) is 3.86. The van der Waals surface area contributed by atoms with Crippen LogP contribution in [0.2, 0.25) is 0 Å². The van der Waals surface area contributed by atoms with Crippen LogP contribution in [0.15, 0.2) is 18.2 Å². The van der Waals surface area contributed by atoms with E-state index in [-0.39, 0.29) is 0 Å². The zero-order valence-corrected chi connectivity index (χ0v) is 9.12. The maximum absolute atomic E-state index is 4.55. The number of nitrogens with zero attached hydrogens (tertiary/aromatic N) is 2. The van der Waals surface area contributed by atoms with E-state index in [1.807, 2.05) is 7.05 Å². The molecule has 78 valence electrons. The lowest BCUT2D eigenvalue weighted by atomic mass is 10.1. The van der Waals surface area contributed by atoms with Gasteiger partial charge in [0, 0.05) is 14.1 Å². The van der Waals surface area contributed by atoms with Gasteiger partial charge in [0.1, 0.15) is 0 Å². The molecule has 1 aromatic heterocycles. The van der Waals surface area contributed by atoms with Crippen molar-refractivity contribution in [2.75, 3.05) is 12.4 Å². The van der Waals surface area contributed by atoms with Crippen molar-refractivity contribution in [3.63, 3.8) is 0 Å². The van der Waals surface area contributed by atoms with Crippen molar-refractivity contribution in [2.45, 2.75) is 18.8 Å². The van der Waals surface area contributed by atoms with E-state index in [0.717, 1.165) is 17.4 Å². The Morgan fingerprint density at radius 3 is 2.87 bits per heavy atom. The predicted molar refractivity (Wildman–Crippen MR) is 62.2 cm³/mol. The summed E-state index contributed by atoms with van der Waals surface area (Å²) in [6.45, 7) is 0. The number of nitrogens with one attached hydrogen (secondary N) is 1. The third-order valence-electron chi connectivity index (χ3n) is 3.17. The fourth-order valence-electron chi connectivity index (χ4n) is 2.25. The standard InChI is InChI=1S/C12H15N3/c1-13-12-14-10-5-3-4-9(8-6-7-8)11(10)15(12)2/h3-5,8H,6-7H2,1-2H3,(H,13,14). The SMILES string of the molecule is CNc1nc2cccc(C3CC3)c2n1C. The highest BCUT2D eigenvalue weighted by atomic mass is 15.2. The molecule has 0 bridgehead atoms. The number of para-hydroxylation sites is 1. The number of fused-ring (bicyclic) bond motifs is 1. The molecule has 0 spiro atoms. The summed E-state index contributed by atoms with van der Waals surface area (Å²) < 4.78 is 2.16. The van der Waals surface area contributed by atoms with Gasteiger partial charge in [-0.3, -0.25) is 0 Å². The van der Waals surface area contributed by atoms with Gasteiger partial charge in [-0.2, -0.15) is 0 Å². The lowest BCUT2D eigenvalue weighted by Gasteiger charge is -2.04. The van der Waals surface area contributed by atoms with E-state index in [0.29, 0.717) is 0 Å². The minimum absolute atomic E-state index is 0.772. The Labute approximate surface area is 89.1 Å². The Morgan fingerprint density at radius 2 is 2.20 bits per heavy atom. The zero-order chi connectivity index (χ0) is 10.4. The summed E-state index contributed by atoms with van der Waals surface area (Å²) in [7, 11) is 3.99. The highest BCUT2D eigenvalue weighted by molar-refractivity contribution is 5.82. The number of aryl methyl sites for hydroxylation is 1. The number of imidazole rings is 1. The Bertz CT molecular complexity index is 509. The molecule has 0 unspecified atom stereocenters. The molecule has 3 rings (SSSR count). The molecule has 3 nitrogen and oxygen atoms in total. The number of hydrogen-bond donors (Lipinski definition) is 1. The fourth-order valence-corrected chi connectivity index (χ4v) is 2.25. The fraction of sp³-hybridized carbons (Fsp3) is 0.417. The highest BCUT2D eigenvalue weighted by Crippen LogP contribution is 2.43. The lowest BCUT2D eigenvalue weighted by molar-refractivity contribution is 0.941. The Kier molecular flexibility index (Phi) is 1.75. The minimum atomic E-state index is 0.772. The molecule has 1 aromatic carbocycles. The first-order valence-electron chi connectivity index (χ1n) is 5.44. The second-order valence-corrected chi connectivity index (χ2v) is 4.23. The zero-order valence-electron chi connectivity index (χ0n) is 9.12. The van der Waals surface area contributed by atoms with E-state index < -0.39 is 0 Å². The topological polar surface area (TPSA) is 29.9 Å². The van der Waals surface area contributed by atoms with Crippen LogP contribution in [0, 0.1) is 0 Å². The largest absolute Gasteiger partial charge is 0.359 e. The van der Waals surface area contributed by atoms with Gasteiger partial charge in [0.15, 0.2) is 0 Å². The molecule has 1 N–H and O–H groups in total. The average molecular weight is 201 g/mol. The molecule has 1 heterocycles. The maximum Gasteiger partial charge on any atom is 0.203 e. The molecule has 1 saturated carbocycles. The van der Waals surface area contributed by atoms with E-state index >= 15 is 0 Å². The maximum atomic E-state index is 4.55. The van der Waals surface area contributed by atoms with Gasteiger partial charge in [-0.05, 0) is 30.4 Å². The summed E-state index contributed by atoms with van der Waals surface area (Å²) in [6, 6.07) is 6.44. The van der Waals surface area contributed by atoms with Crippen LogP contribution >= 0.6 is 0 Å². The van der Waals surface area contributed by atoms with Gasteiger partial charge >= 0.3 is 0 Å². The van der Waals surface area contributed by atoms with Crippen molar-refractivity contribution < 1.29 is 0 Å². The first-order chi connectivity index (χ1) is 7.31. The number of aromatic nitrogens is 2. The summed E-state index contributed by atoms with van der Waals surface area (Å²) >= 11 is 0. The smallest absolute Gasteiger partial charge is 0.203 e. The third kappa shape index (κ3) is 1.23. The Hall–Kier alpha value is -1.51. The van der Waals surface area contributed by atoms with Crippen molar-refractivity contribution in [3.05, 3.63) is 23.8 Å². The van der Waals surface area contributed by atoms with Gasteiger partial charge < -0.3 is 9.88 Å². The van der Waals surface area contributed by atoms with E-state index in [1.165, 1.54) is 23.9 Å². The minimum Gasteiger partial charge on any atom is -0.359 e. The van der Waals surface area contributed by atoms with Crippen LogP contribution in [0.25, 0.3) is 11.0 Å². The van der Waals surface area contributed by atoms with Gasteiger partial charge in [-0.25, -0.2) is 4.98 Å². The molecular formula is C12H15N3. The van der Waals surface area contributed by atoms with Crippen LogP contribution in [-0.2, 0) is 7.05 Å². The molecule has 15 heavy (non-hydrogen) atoms. The summed E-state index contributed by atoms with van der Waals surface area (Å²) in [6.07, 6.45) is 2.67. The highest BCUT2D eigenvalue weighted by Gasteiger charge is 2.26. The van der Waals surface area contributed by atoms with Gasteiger partial charge in [0.05, 0.1) is 11.0 Å². The molecule has 1 aliphatic carbocycles. The van der Waals surface area contributed by atoms with E-state index in [9.17, 15) is 0 Å². The van der Waals surface area contributed by atoms with E-state index in [2.05, 4.69) is 40.1 Å². The molecule has 1 fully saturated rings. The Balaban J connectivity index is 2.31. The third-order valence-corrected chi connectivity index (χ3v) is 3.17. The van der Waals surface area contributed by atoms with Crippen LogP contribution < -0.4 is 5.32 Å². The average Bonchev–Trinajstić information content (AvgIpc) is 3.04.